The van der Waals surface area contributed by atoms with Crippen molar-refractivity contribution in [1.29, 1.82) is 0 Å². The van der Waals surface area contributed by atoms with E-state index in [0.717, 1.165) is 35.3 Å². The number of fused-ring (bicyclic) bond motifs is 1. The summed E-state index contributed by atoms with van der Waals surface area (Å²) in [5.41, 5.74) is 2.27. The average Bonchev–Trinajstić information content (AvgIpc) is 2.74. The van der Waals surface area contributed by atoms with Crippen LogP contribution in [0.15, 0.2) is 42.5 Å². The average molecular weight is 495 g/mol. The number of benzene rings is 2. The smallest absolute Gasteiger partial charge is 0.401 e. The van der Waals surface area contributed by atoms with Gasteiger partial charge >= 0.3 is 6.18 Å². The second-order valence-electron chi connectivity index (χ2n) is 10.4. The monoisotopic (exact) mass is 494 g/mol. The second kappa shape index (κ2) is 10.1. The zero-order valence-electron chi connectivity index (χ0n) is 20.5. The van der Waals surface area contributed by atoms with Crippen LogP contribution in [-0.4, -0.2) is 66.6 Å². The normalized spacial score (nSPS) is 22.1. The fraction of sp³-hybridized carbons (Fsp3) is 0.556. The summed E-state index contributed by atoms with van der Waals surface area (Å²) >= 11 is 0. The molecule has 4 rings (SSSR count). The van der Waals surface area contributed by atoms with E-state index < -0.39 is 24.4 Å². The number of hydrogen-bond donors (Lipinski definition) is 1. The summed E-state index contributed by atoms with van der Waals surface area (Å²) < 4.78 is 59.0. The highest BCUT2D eigenvalue weighted by molar-refractivity contribution is 5.44. The number of aliphatic hydroxyl groups is 1. The van der Waals surface area contributed by atoms with Gasteiger partial charge in [0, 0.05) is 31.6 Å². The summed E-state index contributed by atoms with van der Waals surface area (Å²) in [4.78, 5) is 3.64. The van der Waals surface area contributed by atoms with E-state index in [1.165, 1.54) is 4.90 Å². The Hall–Kier alpha value is -2.16. The molecule has 1 saturated heterocycles. The van der Waals surface area contributed by atoms with E-state index in [-0.39, 0.29) is 18.6 Å². The van der Waals surface area contributed by atoms with E-state index in [1.54, 1.807) is 32.0 Å². The van der Waals surface area contributed by atoms with Crippen LogP contribution >= 0.6 is 0 Å². The minimum Gasteiger partial charge on any atom is -0.492 e. The first-order valence-corrected chi connectivity index (χ1v) is 12.1. The molecule has 4 nitrogen and oxygen atoms in total. The summed E-state index contributed by atoms with van der Waals surface area (Å²) in [6.45, 7) is 6.63. The first-order chi connectivity index (χ1) is 16.4. The van der Waals surface area contributed by atoms with E-state index >= 15 is 0 Å². The van der Waals surface area contributed by atoms with E-state index in [2.05, 4.69) is 4.90 Å². The topological polar surface area (TPSA) is 35.9 Å². The van der Waals surface area contributed by atoms with Gasteiger partial charge in [0.15, 0.2) is 0 Å². The quantitative estimate of drug-likeness (QED) is 0.519. The van der Waals surface area contributed by atoms with Gasteiger partial charge in [-0.2, -0.15) is 13.2 Å². The number of hydrogen-bond acceptors (Lipinski definition) is 4. The second-order valence-corrected chi connectivity index (χ2v) is 10.4. The van der Waals surface area contributed by atoms with Crippen LogP contribution in [0.25, 0.3) is 0 Å². The van der Waals surface area contributed by atoms with Crippen molar-refractivity contribution in [3.63, 3.8) is 0 Å². The van der Waals surface area contributed by atoms with Gasteiger partial charge in [-0.25, -0.2) is 0 Å². The number of halogens is 4. The molecule has 2 heterocycles. The van der Waals surface area contributed by atoms with Crippen LogP contribution in [0.5, 0.6) is 5.75 Å². The summed E-state index contributed by atoms with van der Waals surface area (Å²) in [5, 5.41) is 10.4. The largest absolute Gasteiger partial charge is 0.492 e. The van der Waals surface area contributed by atoms with Gasteiger partial charge in [0.05, 0.1) is 24.9 Å². The first-order valence-electron chi connectivity index (χ1n) is 12.1. The highest BCUT2D eigenvalue weighted by Gasteiger charge is 2.40. The minimum absolute atomic E-state index is 0.134. The molecule has 35 heavy (non-hydrogen) atoms. The molecule has 0 saturated carbocycles. The van der Waals surface area contributed by atoms with Gasteiger partial charge < -0.3 is 9.84 Å². The van der Waals surface area contributed by atoms with Gasteiger partial charge in [-0.05, 0) is 61.6 Å². The predicted molar refractivity (Wildman–Crippen MR) is 127 cm³/mol. The van der Waals surface area contributed by atoms with E-state index in [9.17, 15) is 22.7 Å². The third-order valence-corrected chi connectivity index (χ3v) is 7.04. The van der Waals surface area contributed by atoms with Gasteiger partial charge in [-0.3, -0.25) is 14.2 Å². The lowest BCUT2D eigenvalue weighted by Crippen LogP contribution is -2.49. The molecule has 0 aromatic heterocycles. The third-order valence-electron chi connectivity index (χ3n) is 7.04. The Morgan fingerprint density at radius 1 is 1.06 bits per heavy atom. The maximum atomic E-state index is 13.5. The van der Waals surface area contributed by atoms with Crippen LogP contribution in [0, 0.1) is 5.92 Å². The summed E-state index contributed by atoms with van der Waals surface area (Å²) in [5.74, 6) is 0.786. The Morgan fingerprint density at radius 2 is 1.74 bits per heavy atom. The molecule has 2 atom stereocenters. The van der Waals surface area contributed by atoms with E-state index in [0.29, 0.717) is 25.3 Å². The molecule has 2 aromatic carbocycles. The summed E-state index contributed by atoms with van der Waals surface area (Å²) in [6, 6.07) is 11.9. The summed E-state index contributed by atoms with van der Waals surface area (Å²) in [6.07, 6.45) is -3.84. The Balaban J connectivity index is 1.55. The Labute approximate surface area is 204 Å². The van der Waals surface area contributed by atoms with Crippen molar-refractivity contribution in [2.24, 2.45) is 5.92 Å². The van der Waals surface area contributed by atoms with Crippen LogP contribution in [0.2, 0.25) is 0 Å². The van der Waals surface area contributed by atoms with Crippen molar-refractivity contribution < 1.29 is 27.4 Å². The minimum atomic E-state index is -4.32. The molecule has 0 aliphatic carbocycles. The molecule has 0 amide bonds. The zero-order chi connectivity index (χ0) is 25.4. The maximum Gasteiger partial charge on any atom is 0.401 e. The molecular formula is C27H34F4N2O2. The van der Waals surface area contributed by atoms with Gasteiger partial charge in [-0.15, -0.1) is 0 Å². The van der Waals surface area contributed by atoms with Crippen molar-refractivity contribution in [1.82, 2.24) is 9.80 Å². The number of ether oxygens (including phenoxy) is 1. The van der Waals surface area contributed by atoms with Crippen LogP contribution in [0.3, 0.4) is 0 Å². The fourth-order valence-corrected chi connectivity index (χ4v) is 5.12. The van der Waals surface area contributed by atoms with Crippen LogP contribution in [0.4, 0.5) is 17.6 Å². The molecule has 0 radical (unpaired) electrons. The lowest BCUT2D eigenvalue weighted by atomic mass is 9.82. The molecule has 0 unspecified atom stereocenters. The Bertz CT molecular complexity index is 998. The fourth-order valence-electron chi connectivity index (χ4n) is 5.12. The predicted octanol–water partition coefficient (Wildman–Crippen LogP) is 5.09. The molecule has 2 aliphatic heterocycles. The van der Waals surface area contributed by atoms with Crippen LogP contribution in [0.1, 0.15) is 49.1 Å². The molecule has 2 aliphatic rings. The number of rotatable bonds is 8. The van der Waals surface area contributed by atoms with Crippen molar-refractivity contribution >= 4 is 0 Å². The number of alkyl halides is 4. The molecule has 1 N–H and O–H groups in total. The lowest BCUT2D eigenvalue weighted by molar-refractivity contribution is -0.155. The molecular weight excluding hydrogens is 460 g/mol. The zero-order valence-corrected chi connectivity index (χ0v) is 20.5. The van der Waals surface area contributed by atoms with Crippen molar-refractivity contribution in [3.05, 3.63) is 64.7 Å². The third kappa shape index (κ3) is 6.16. The maximum absolute atomic E-state index is 13.5. The van der Waals surface area contributed by atoms with Crippen molar-refractivity contribution in [2.75, 3.05) is 39.5 Å². The highest BCUT2D eigenvalue weighted by Crippen LogP contribution is 2.41. The van der Waals surface area contributed by atoms with Crippen LogP contribution in [-0.2, 0) is 12.0 Å². The molecule has 0 spiro atoms. The lowest BCUT2D eigenvalue weighted by Gasteiger charge is -2.43. The van der Waals surface area contributed by atoms with E-state index in [1.807, 2.05) is 31.2 Å². The van der Waals surface area contributed by atoms with Gasteiger partial charge in [0.1, 0.15) is 12.4 Å². The molecule has 8 heteroatoms. The summed E-state index contributed by atoms with van der Waals surface area (Å²) in [7, 11) is 0. The van der Waals surface area contributed by atoms with Crippen LogP contribution < -0.4 is 4.74 Å². The SMILES string of the molecule is C[C@@H]1Cc2cc(C(C)(C)O)ccc2[C@@H](c2ccc(OCCN3CC(CF)C3)cc2)N1CC(F)(F)F. The van der Waals surface area contributed by atoms with Gasteiger partial charge in [0.25, 0.3) is 0 Å². The number of likely N-dealkylation sites (tertiary alicyclic amines) is 1. The highest BCUT2D eigenvalue weighted by atomic mass is 19.4. The molecule has 0 bridgehead atoms. The van der Waals surface area contributed by atoms with Crippen molar-refractivity contribution in [3.8, 4) is 5.75 Å². The van der Waals surface area contributed by atoms with Crippen molar-refractivity contribution in [2.45, 2.75) is 51.1 Å². The first kappa shape index (κ1) is 25.9. The molecule has 192 valence electrons. The molecule has 2 aromatic rings. The standard InChI is InChI=1S/C27H34F4N2O2/c1-18-12-21-13-22(26(2,3)34)6-9-24(21)25(33(18)17-27(29,30)31)20-4-7-23(8-5-20)35-11-10-32-15-19(14-28)16-32/h4-9,13,18-19,25,34H,10-12,14-17H2,1-3H3/t18-,25-/m1/s1. The Kier molecular flexibility index (Phi) is 7.46. The number of nitrogens with zero attached hydrogens (tertiary/aromatic N) is 2. The van der Waals surface area contributed by atoms with Gasteiger partial charge in [-0.1, -0.05) is 30.3 Å². The van der Waals surface area contributed by atoms with E-state index in [4.69, 9.17) is 4.74 Å². The van der Waals surface area contributed by atoms with Gasteiger partial charge in [0.2, 0.25) is 0 Å². The Morgan fingerprint density at radius 3 is 2.34 bits per heavy atom. The molecule has 1 fully saturated rings.